The molecule has 0 bridgehead atoms. The molecule has 0 atom stereocenters. The summed E-state index contributed by atoms with van der Waals surface area (Å²) in [7, 11) is -4.12. The number of hydrogen-bond donors (Lipinski definition) is 0. The molecule has 5 nitrogen and oxygen atoms in total. The van der Waals surface area contributed by atoms with Gasteiger partial charge in [0.05, 0.1) is 17.9 Å². The monoisotopic (exact) mass is 444 g/mol. The highest BCUT2D eigenvalue weighted by molar-refractivity contribution is 7.94. The number of amides is 2. The topological polar surface area (TPSA) is 57.7 Å². The third kappa shape index (κ3) is 3.24. The average Bonchev–Trinajstić information content (AvgIpc) is 2.69. The Hall–Kier alpha value is -2.90. The summed E-state index contributed by atoms with van der Waals surface area (Å²) < 4.78 is 41.2. The molecule has 0 radical (unpaired) electrons. The van der Waals surface area contributed by atoms with Crippen molar-refractivity contribution in [1.29, 1.82) is 0 Å². The number of urea groups is 1. The van der Waals surface area contributed by atoms with Gasteiger partial charge in [-0.15, -0.1) is 0 Å². The molecule has 0 unspecified atom stereocenters. The molecule has 0 spiro atoms. The van der Waals surface area contributed by atoms with Crippen LogP contribution in [0.3, 0.4) is 0 Å². The number of anilines is 2. The number of nitrogens with zero attached hydrogens (tertiary/aromatic N) is 2. The van der Waals surface area contributed by atoms with Gasteiger partial charge in [-0.2, -0.15) is 4.31 Å². The summed E-state index contributed by atoms with van der Waals surface area (Å²) in [6, 6.07) is 14.8. The van der Waals surface area contributed by atoms with Crippen LogP contribution in [0.1, 0.15) is 16.7 Å². The van der Waals surface area contributed by atoms with Gasteiger partial charge in [0.15, 0.2) is 0 Å². The lowest BCUT2D eigenvalue weighted by Gasteiger charge is -2.37. The number of carbonyl (C=O) groups is 1. The van der Waals surface area contributed by atoms with Crippen molar-refractivity contribution >= 4 is 39.0 Å². The van der Waals surface area contributed by atoms with Crippen LogP contribution < -0.4 is 9.21 Å². The molecule has 30 heavy (non-hydrogen) atoms. The van der Waals surface area contributed by atoms with E-state index in [2.05, 4.69) is 0 Å². The summed E-state index contributed by atoms with van der Waals surface area (Å²) in [5, 5.41) is 0.160. The van der Waals surface area contributed by atoms with Gasteiger partial charge in [-0.1, -0.05) is 48.0 Å². The predicted octanol–water partition coefficient (Wildman–Crippen LogP) is 5.43. The molecule has 8 heteroatoms. The standard InChI is InChI=1S/C22H18ClFN2O3S/c1-14-6-5-7-15(2)21(14)26-22(27)25(13-16-10-11-17(24)12-18(16)23)19-8-3-4-9-20(19)30(26,28)29/h3-12H,13H2,1-2H3. The van der Waals surface area contributed by atoms with Crippen molar-refractivity contribution in [1.82, 2.24) is 0 Å². The van der Waals surface area contributed by atoms with Gasteiger partial charge in [0, 0.05) is 5.02 Å². The molecule has 1 heterocycles. The zero-order chi connectivity index (χ0) is 21.6. The maximum Gasteiger partial charge on any atom is 0.343 e. The van der Waals surface area contributed by atoms with Crippen LogP contribution in [0.5, 0.6) is 0 Å². The highest BCUT2D eigenvalue weighted by Crippen LogP contribution is 2.40. The van der Waals surface area contributed by atoms with E-state index in [4.69, 9.17) is 11.6 Å². The van der Waals surface area contributed by atoms with Gasteiger partial charge in [-0.05, 0) is 54.8 Å². The van der Waals surface area contributed by atoms with Gasteiger partial charge in [-0.25, -0.2) is 17.6 Å². The molecular weight excluding hydrogens is 427 g/mol. The van der Waals surface area contributed by atoms with E-state index in [1.165, 1.54) is 23.1 Å². The maximum absolute atomic E-state index is 13.5. The fourth-order valence-electron chi connectivity index (χ4n) is 3.63. The molecule has 1 aliphatic rings. The van der Waals surface area contributed by atoms with Gasteiger partial charge in [0.1, 0.15) is 10.7 Å². The second-order valence-corrected chi connectivity index (χ2v) is 9.24. The Bertz CT molecular complexity index is 1260. The smallest absolute Gasteiger partial charge is 0.287 e. The Kier molecular flexibility index (Phi) is 5.03. The van der Waals surface area contributed by atoms with Crippen molar-refractivity contribution in [3.63, 3.8) is 0 Å². The molecule has 3 aromatic carbocycles. The second kappa shape index (κ2) is 7.41. The minimum atomic E-state index is -4.12. The van der Waals surface area contributed by atoms with Crippen LogP contribution in [0.15, 0.2) is 65.6 Å². The first-order chi connectivity index (χ1) is 14.2. The van der Waals surface area contributed by atoms with E-state index < -0.39 is 21.9 Å². The number of hydrogen-bond acceptors (Lipinski definition) is 3. The van der Waals surface area contributed by atoms with Crippen LogP contribution in [-0.4, -0.2) is 14.4 Å². The first-order valence-corrected chi connectivity index (χ1v) is 11.0. The number of halogens is 2. The third-order valence-electron chi connectivity index (χ3n) is 5.07. The van der Waals surface area contributed by atoms with E-state index in [1.807, 2.05) is 0 Å². The van der Waals surface area contributed by atoms with Crippen molar-refractivity contribution in [3.05, 3.63) is 88.2 Å². The van der Waals surface area contributed by atoms with E-state index in [0.29, 0.717) is 22.4 Å². The summed E-state index contributed by atoms with van der Waals surface area (Å²) in [5.41, 5.74) is 2.40. The van der Waals surface area contributed by atoms with Crippen LogP contribution in [0.2, 0.25) is 5.02 Å². The van der Waals surface area contributed by atoms with Crippen LogP contribution in [-0.2, 0) is 16.6 Å². The molecule has 0 aliphatic carbocycles. The van der Waals surface area contributed by atoms with Crippen LogP contribution in [0, 0.1) is 19.7 Å². The number of para-hydroxylation sites is 2. The molecule has 0 fully saturated rings. The molecule has 3 aromatic rings. The maximum atomic E-state index is 13.5. The number of aryl methyl sites for hydroxylation is 2. The summed E-state index contributed by atoms with van der Waals surface area (Å²) in [5.74, 6) is -0.492. The van der Waals surface area contributed by atoms with Gasteiger partial charge < -0.3 is 0 Å². The molecule has 0 aromatic heterocycles. The number of rotatable bonds is 3. The van der Waals surface area contributed by atoms with Crippen molar-refractivity contribution in [2.75, 3.05) is 9.21 Å². The number of carbonyl (C=O) groups excluding carboxylic acids is 1. The molecule has 0 N–H and O–H groups in total. The van der Waals surface area contributed by atoms with Crippen molar-refractivity contribution in [2.24, 2.45) is 0 Å². The average molecular weight is 445 g/mol. The minimum absolute atomic E-state index is 0.00803. The molecule has 1 aliphatic heterocycles. The Morgan fingerprint density at radius 3 is 2.30 bits per heavy atom. The van der Waals surface area contributed by atoms with Crippen LogP contribution in [0.25, 0.3) is 0 Å². The Labute approximate surface area is 179 Å². The molecule has 4 rings (SSSR count). The van der Waals surface area contributed by atoms with E-state index in [-0.39, 0.29) is 22.2 Å². The fourth-order valence-corrected chi connectivity index (χ4v) is 5.58. The molecule has 0 saturated heterocycles. The number of sulfonamides is 1. The van der Waals surface area contributed by atoms with Crippen molar-refractivity contribution < 1.29 is 17.6 Å². The first-order valence-electron chi connectivity index (χ1n) is 9.18. The second-order valence-electron chi connectivity index (χ2n) is 7.08. The zero-order valence-electron chi connectivity index (χ0n) is 16.3. The van der Waals surface area contributed by atoms with E-state index in [1.54, 1.807) is 50.2 Å². The summed E-state index contributed by atoms with van der Waals surface area (Å²) in [4.78, 5) is 14.9. The lowest BCUT2D eigenvalue weighted by atomic mass is 10.1. The van der Waals surface area contributed by atoms with Gasteiger partial charge in [0.25, 0.3) is 10.0 Å². The van der Waals surface area contributed by atoms with Crippen molar-refractivity contribution in [3.8, 4) is 0 Å². The van der Waals surface area contributed by atoms with E-state index >= 15 is 0 Å². The highest BCUT2D eigenvalue weighted by Gasteiger charge is 2.43. The Balaban J connectivity index is 1.92. The first kappa shape index (κ1) is 20.4. The highest BCUT2D eigenvalue weighted by atomic mass is 35.5. The van der Waals surface area contributed by atoms with Gasteiger partial charge >= 0.3 is 6.03 Å². The molecule has 154 valence electrons. The normalized spacial score (nSPS) is 15.3. The van der Waals surface area contributed by atoms with Gasteiger partial charge in [0.2, 0.25) is 0 Å². The Morgan fingerprint density at radius 1 is 0.967 bits per heavy atom. The summed E-state index contributed by atoms with van der Waals surface area (Å²) in [6.07, 6.45) is 0. The van der Waals surface area contributed by atoms with Gasteiger partial charge in [-0.3, -0.25) is 4.90 Å². The van der Waals surface area contributed by atoms with Crippen LogP contribution in [0.4, 0.5) is 20.6 Å². The van der Waals surface area contributed by atoms with E-state index in [0.717, 1.165) is 10.4 Å². The number of benzene rings is 3. The fraction of sp³-hybridized carbons (Fsp3) is 0.136. The van der Waals surface area contributed by atoms with Crippen LogP contribution >= 0.6 is 11.6 Å². The lowest BCUT2D eigenvalue weighted by Crippen LogP contribution is -2.51. The van der Waals surface area contributed by atoms with E-state index in [9.17, 15) is 17.6 Å². The lowest BCUT2D eigenvalue weighted by molar-refractivity contribution is 0.253. The largest absolute Gasteiger partial charge is 0.343 e. The third-order valence-corrected chi connectivity index (χ3v) is 7.14. The molecular formula is C22H18ClFN2O3S. The summed E-state index contributed by atoms with van der Waals surface area (Å²) >= 11 is 6.17. The Morgan fingerprint density at radius 2 is 1.63 bits per heavy atom. The predicted molar refractivity (Wildman–Crippen MR) is 115 cm³/mol. The van der Waals surface area contributed by atoms with Crippen molar-refractivity contribution in [2.45, 2.75) is 25.3 Å². The summed E-state index contributed by atoms with van der Waals surface area (Å²) in [6.45, 7) is 3.51. The zero-order valence-corrected chi connectivity index (χ0v) is 17.8. The minimum Gasteiger partial charge on any atom is -0.287 e. The molecule has 0 saturated carbocycles. The number of fused-ring (bicyclic) bond motifs is 1. The SMILES string of the molecule is Cc1cccc(C)c1N1C(=O)N(Cc2ccc(F)cc2Cl)c2ccccc2S1(=O)=O. The quantitative estimate of drug-likeness (QED) is 0.541. The molecule has 2 amide bonds.